The number of rotatable bonds is 3. The molecule has 2 heterocycles. The zero-order valence-corrected chi connectivity index (χ0v) is 14.8. The molecule has 1 unspecified atom stereocenters. The predicted octanol–water partition coefficient (Wildman–Crippen LogP) is 4.37. The summed E-state index contributed by atoms with van der Waals surface area (Å²) in [5, 5.41) is 4.17. The summed E-state index contributed by atoms with van der Waals surface area (Å²) >= 11 is 0. The number of carbonyl (C=O) groups is 1. The van der Waals surface area contributed by atoms with Gasteiger partial charge in [-0.15, -0.1) is 0 Å². The van der Waals surface area contributed by atoms with Crippen molar-refractivity contribution < 1.29 is 9.18 Å². The number of urea groups is 1. The van der Waals surface area contributed by atoms with E-state index in [0.717, 1.165) is 29.6 Å². The summed E-state index contributed by atoms with van der Waals surface area (Å²) in [7, 11) is 0. The number of halogens is 1. The highest BCUT2D eigenvalue weighted by molar-refractivity contribution is 5.86. The summed E-state index contributed by atoms with van der Waals surface area (Å²) in [5.74, 6) is -0.275. The van der Waals surface area contributed by atoms with Crippen molar-refractivity contribution in [1.82, 2.24) is 15.2 Å². The molecule has 0 saturated carbocycles. The van der Waals surface area contributed by atoms with Crippen LogP contribution < -0.4 is 5.32 Å². The lowest BCUT2D eigenvalue weighted by Crippen LogP contribution is -2.46. The molecule has 0 fully saturated rings. The van der Waals surface area contributed by atoms with Crippen LogP contribution in [0.15, 0.2) is 48.5 Å². The molecule has 0 radical (unpaired) electrons. The molecule has 1 aromatic heterocycles. The van der Waals surface area contributed by atoms with Gasteiger partial charge in [0, 0.05) is 29.7 Å². The minimum absolute atomic E-state index is 0.0783. The Kier molecular flexibility index (Phi) is 4.37. The predicted molar refractivity (Wildman–Crippen MR) is 101 cm³/mol. The van der Waals surface area contributed by atoms with Crippen molar-refractivity contribution >= 4 is 16.9 Å². The standard InChI is InChI=1S/C21H22FN3O/c1-2-12-23-21(26)25-13-11-17-16-5-3-4-6-18(16)24-19(17)20(25)14-7-9-15(22)10-8-14/h3-10,20,24H,2,11-13H2,1H3,(H,23,26). The second-order valence-corrected chi connectivity index (χ2v) is 6.69. The molecule has 2 N–H and O–H groups in total. The van der Waals surface area contributed by atoms with Crippen LogP contribution in [0.4, 0.5) is 9.18 Å². The highest BCUT2D eigenvalue weighted by Crippen LogP contribution is 2.38. The first kappa shape index (κ1) is 16.6. The molecule has 0 spiro atoms. The molecule has 4 rings (SSSR count). The Labute approximate surface area is 152 Å². The van der Waals surface area contributed by atoms with E-state index in [-0.39, 0.29) is 17.9 Å². The Bertz CT molecular complexity index is 932. The summed E-state index contributed by atoms with van der Waals surface area (Å²) in [6, 6.07) is 14.3. The third-order valence-corrected chi connectivity index (χ3v) is 5.01. The van der Waals surface area contributed by atoms with Crippen LogP contribution in [0.1, 0.15) is 36.2 Å². The van der Waals surface area contributed by atoms with E-state index in [1.165, 1.54) is 23.1 Å². The lowest BCUT2D eigenvalue weighted by Gasteiger charge is -2.36. The lowest BCUT2D eigenvalue weighted by molar-refractivity contribution is 0.179. The maximum absolute atomic E-state index is 13.4. The van der Waals surface area contributed by atoms with E-state index in [1.807, 2.05) is 24.0 Å². The Morgan fingerprint density at radius 1 is 1.23 bits per heavy atom. The molecule has 0 saturated heterocycles. The molecule has 5 heteroatoms. The number of H-pyrrole nitrogens is 1. The van der Waals surface area contributed by atoms with Crippen molar-refractivity contribution in [3.63, 3.8) is 0 Å². The molecule has 0 aliphatic carbocycles. The van der Waals surface area contributed by atoms with E-state index in [1.54, 1.807) is 12.1 Å². The topological polar surface area (TPSA) is 48.1 Å². The van der Waals surface area contributed by atoms with E-state index < -0.39 is 0 Å². The van der Waals surface area contributed by atoms with Crippen LogP contribution in [0.3, 0.4) is 0 Å². The normalized spacial score (nSPS) is 16.5. The van der Waals surface area contributed by atoms with Gasteiger partial charge in [0.05, 0.1) is 6.04 Å². The fourth-order valence-electron chi connectivity index (χ4n) is 3.78. The van der Waals surface area contributed by atoms with Crippen LogP contribution in [-0.2, 0) is 6.42 Å². The third kappa shape index (κ3) is 2.83. The monoisotopic (exact) mass is 351 g/mol. The minimum Gasteiger partial charge on any atom is -0.356 e. The second-order valence-electron chi connectivity index (χ2n) is 6.69. The largest absolute Gasteiger partial charge is 0.356 e. The quantitative estimate of drug-likeness (QED) is 0.723. The van der Waals surface area contributed by atoms with Gasteiger partial charge in [0.1, 0.15) is 5.82 Å². The van der Waals surface area contributed by atoms with Gasteiger partial charge in [0.25, 0.3) is 0 Å². The van der Waals surface area contributed by atoms with Crippen LogP contribution in [0.5, 0.6) is 0 Å². The van der Waals surface area contributed by atoms with Gasteiger partial charge in [-0.2, -0.15) is 0 Å². The second kappa shape index (κ2) is 6.83. The molecular formula is C21H22FN3O. The van der Waals surface area contributed by atoms with Crippen LogP contribution in [0.25, 0.3) is 10.9 Å². The van der Waals surface area contributed by atoms with Crippen LogP contribution in [0.2, 0.25) is 0 Å². The van der Waals surface area contributed by atoms with Crippen molar-refractivity contribution in [2.75, 3.05) is 13.1 Å². The maximum Gasteiger partial charge on any atom is 0.318 e. The molecule has 134 valence electrons. The minimum atomic E-state index is -0.275. The number of hydrogen-bond acceptors (Lipinski definition) is 1. The van der Waals surface area contributed by atoms with Gasteiger partial charge in [-0.1, -0.05) is 37.3 Å². The Balaban J connectivity index is 1.82. The highest BCUT2D eigenvalue weighted by Gasteiger charge is 2.34. The Morgan fingerprint density at radius 3 is 2.77 bits per heavy atom. The molecule has 0 bridgehead atoms. The van der Waals surface area contributed by atoms with E-state index in [9.17, 15) is 9.18 Å². The van der Waals surface area contributed by atoms with Gasteiger partial charge < -0.3 is 15.2 Å². The van der Waals surface area contributed by atoms with E-state index >= 15 is 0 Å². The van der Waals surface area contributed by atoms with Crippen molar-refractivity contribution in [3.05, 3.63) is 71.2 Å². The molecule has 1 aliphatic rings. The lowest BCUT2D eigenvalue weighted by atomic mass is 9.92. The first-order valence-corrected chi connectivity index (χ1v) is 9.08. The van der Waals surface area contributed by atoms with Crippen molar-refractivity contribution in [1.29, 1.82) is 0 Å². The number of amides is 2. The maximum atomic E-state index is 13.4. The number of benzene rings is 2. The molecule has 2 amide bonds. The van der Waals surface area contributed by atoms with Crippen molar-refractivity contribution in [2.45, 2.75) is 25.8 Å². The molecule has 26 heavy (non-hydrogen) atoms. The van der Waals surface area contributed by atoms with Crippen molar-refractivity contribution in [3.8, 4) is 0 Å². The average molecular weight is 351 g/mol. The van der Waals surface area contributed by atoms with Crippen LogP contribution in [-0.4, -0.2) is 29.0 Å². The fraction of sp³-hybridized carbons (Fsp3) is 0.286. The number of nitrogens with zero attached hydrogens (tertiary/aromatic N) is 1. The summed E-state index contributed by atoms with van der Waals surface area (Å²) in [6.45, 7) is 3.31. The summed E-state index contributed by atoms with van der Waals surface area (Å²) in [6.07, 6.45) is 1.69. The smallest absolute Gasteiger partial charge is 0.318 e. The SMILES string of the molecule is CCCNC(=O)N1CCc2c([nH]c3ccccc23)C1c1ccc(F)cc1. The summed E-state index contributed by atoms with van der Waals surface area (Å²) in [5.41, 5.74) is 4.25. The van der Waals surface area contributed by atoms with Crippen LogP contribution in [0, 0.1) is 5.82 Å². The number of nitrogens with one attached hydrogen (secondary N) is 2. The van der Waals surface area contributed by atoms with Crippen LogP contribution >= 0.6 is 0 Å². The number of fused-ring (bicyclic) bond motifs is 3. The van der Waals surface area contributed by atoms with Gasteiger partial charge in [-0.25, -0.2) is 9.18 Å². The number of aromatic nitrogens is 1. The first-order chi connectivity index (χ1) is 12.7. The zero-order valence-electron chi connectivity index (χ0n) is 14.8. The van der Waals surface area contributed by atoms with E-state index in [0.29, 0.717) is 13.1 Å². The number of para-hydroxylation sites is 1. The van der Waals surface area contributed by atoms with Gasteiger partial charge in [0.2, 0.25) is 0 Å². The van der Waals surface area contributed by atoms with Gasteiger partial charge in [0.15, 0.2) is 0 Å². The summed E-state index contributed by atoms with van der Waals surface area (Å²) in [4.78, 5) is 18.1. The van der Waals surface area contributed by atoms with Gasteiger partial charge in [-0.05, 0) is 42.2 Å². The highest BCUT2D eigenvalue weighted by atomic mass is 19.1. The zero-order chi connectivity index (χ0) is 18.1. The molecule has 1 aliphatic heterocycles. The number of aromatic amines is 1. The van der Waals surface area contributed by atoms with Gasteiger partial charge in [-0.3, -0.25) is 0 Å². The Hall–Kier alpha value is -2.82. The Morgan fingerprint density at radius 2 is 2.00 bits per heavy atom. The van der Waals surface area contributed by atoms with E-state index in [2.05, 4.69) is 22.4 Å². The molecule has 1 atom stereocenters. The third-order valence-electron chi connectivity index (χ3n) is 5.01. The molecule has 3 aromatic rings. The molecule has 2 aromatic carbocycles. The van der Waals surface area contributed by atoms with E-state index in [4.69, 9.17) is 0 Å². The summed E-state index contributed by atoms with van der Waals surface area (Å²) < 4.78 is 13.4. The number of hydrogen-bond donors (Lipinski definition) is 2. The average Bonchev–Trinajstić information content (AvgIpc) is 3.05. The van der Waals surface area contributed by atoms with Crippen molar-refractivity contribution in [2.24, 2.45) is 0 Å². The molecule has 4 nitrogen and oxygen atoms in total. The number of carbonyl (C=O) groups excluding carboxylic acids is 1. The fourth-order valence-corrected chi connectivity index (χ4v) is 3.78. The van der Waals surface area contributed by atoms with Gasteiger partial charge >= 0.3 is 6.03 Å². The molecular weight excluding hydrogens is 329 g/mol. The first-order valence-electron chi connectivity index (χ1n) is 9.08.